The number of hydrogen-bond donors (Lipinski definition) is 0. The minimum Gasteiger partial charge on any atom is -0.461 e. The summed E-state index contributed by atoms with van der Waals surface area (Å²) in [4.78, 5) is 22.2. The highest BCUT2D eigenvalue weighted by molar-refractivity contribution is 6.30. The van der Waals surface area contributed by atoms with E-state index in [0.717, 1.165) is 11.1 Å². The highest BCUT2D eigenvalue weighted by atomic mass is 35.5. The van der Waals surface area contributed by atoms with Crippen molar-refractivity contribution in [3.63, 3.8) is 0 Å². The number of carbonyl (C=O) groups is 1. The normalized spacial score (nSPS) is 10.3. The van der Waals surface area contributed by atoms with E-state index in [9.17, 15) is 14.9 Å². The summed E-state index contributed by atoms with van der Waals surface area (Å²) in [6.45, 7) is 0.115. The van der Waals surface area contributed by atoms with Crippen molar-refractivity contribution in [3.05, 3.63) is 99.1 Å². The van der Waals surface area contributed by atoms with Crippen LogP contribution in [0.2, 0.25) is 5.02 Å². The second kappa shape index (κ2) is 9.01. The van der Waals surface area contributed by atoms with Gasteiger partial charge >= 0.3 is 5.97 Å². The Balaban J connectivity index is 1.56. The number of ether oxygens (including phenoxy) is 2. The van der Waals surface area contributed by atoms with Crippen LogP contribution in [0.5, 0.6) is 11.5 Å². The van der Waals surface area contributed by atoms with Gasteiger partial charge in [0.2, 0.25) is 0 Å². The van der Waals surface area contributed by atoms with E-state index in [2.05, 4.69) is 0 Å². The van der Waals surface area contributed by atoms with E-state index in [1.54, 1.807) is 42.5 Å². The molecular formula is C21H16ClNO5. The number of rotatable bonds is 7. The third-order valence-corrected chi connectivity index (χ3v) is 4.10. The maximum absolute atomic E-state index is 12.0. The Bertz CT molecular complexity index is 971. The molecule has 0 saturated heterocycles. The van der Waals surface area contributed by atoms with E-state index < -0.39 is 4.92 Å². The molecule has 7 heteroatoms. The molecule has 6 nitrogen and oxygen atoms in total. The van der Waals surface area contributed by atoms with Gasteiger partial charge in [0.1, 0.15) is 18.1 Å². The number of non-ortho nitro benzene ring substituents is 1. The van der Waals surface area contributed by atoms with Crippen molar-refractivity contribution >= 4 is 23.3 Å². The second-order valence-electron chi connectivity index (χ2n) is 5.96. The van der Waals surface area contributed by atoms with E-state index in [-0.39, 0.29) is 24.7 Å². The summed E-state index contributed by atoms with van der Waals surface area (Å²) in [5, 5.41) is 11.3. The van der Waals surface area contributed by atoms with Gasteiger partial charge in [-0.15, -0.1) is 0 Å². The van der Waals surface area contributed by atoms with Crippen molar-refractivity contribution in [2.45, 2.75) is 13.0 Å². The summed E-state index contributed by atoms with van der Waals surface area (Å²) in [5.41, 5.74) is 1.59. The van der Waals surface area contributed by atoms with Crippen LogP contribution < -0.4 is 4.74 Å². The number of hydrogen-bond acceptors (Lipinski definition) is 5. The van der Waals surface area contributed by atoms with Gasteiger partial charge in [0.05, 0.1) is 11.3 Å². The zero-order valence-electron chi connectivity index (χ0n) is 14.7. The van der Waals surface area contributed by atoms with Gasteiger partial charge in [-0.2, -0.15) is 0 Å². The molecule has 0 aliphatic heterocycles. The predicted octanol–water partition coefficient (Wildman–Crippen LogP) is 5.33. The number of nitrogens with zero attached hydrogens (tertiary/aromatic N) is 1. The van der Waals surface area contributed by atoms with Gasteiger partial charge < -0.3 is 9.47 Å². The van der Waals surface area contributed by atoms with Gasteiger partial charge in [0.15, 0.2) is 0 Å². The molecule has 0 aromatic heterocycles. The maximum atomic E-state index is 12.0. The van der Waals surface area contributed by atoms with Crippen LogP contribution in [-0.2, 0) is 22.6 Å². The highest BCUT2D eigenvalue weighted by Crippen LogP contribution is 2.24. The molecule has 3 rings (SSSR count). The first kappa shape index (κ1) is 19.4. The Morgan fingerprint density at radius 1 is 0.929 bits per heavy atom. The Morgan fingerprint density at radius 2 is 1.64 bits per heavy atom. The smallest absolute Gasteiger partial charge is 0.310 e. The fourth-order valence-electron chi connectivity index (χ4n) is 2.45. The van der Waals surface area contributed by atoms with Crippen LogP contribution in [0.3, 0.4) is 0 Å². The lowest BCUT2D eigenvalue weighted by Crippen LogP contribution is -2.08. The van der Waals surface area contributed by atoms with Gasteiger partial charge in [-0.25, -0.2) is 0 Å². The molecular weight excluding hydrogens is 382 g/mol. The molecule has 0 unspecified atom stereocenters. The lowest BCUT2D eigenvalue weighted by Gasteiger charge is -2.09. The van der Waals surface area contributed by atoms with Crippen molar-refractivity contribution in [1.82, 2.24) is 0 Å². The molecule has 0 aliphatic carbocycles. The Morgan fingerprint density at radius 3 is 2.32 bits per heavy atom. The summed E-state index contributed by atoms with van der Waals surface area (Å²) in [6.07, 6.45) is 0.163. The van der Waals surface area contributed by atoms with Crippen molar-refractivity contribution in [2.75, 3.05) is 0 Å². The summed E-state index contributed by atoms with van der Waals surface area (Å²) in [5.74, 6) is 0.673. The minimum absolute atomic E-state index is 0.00583. The zero-order valence-corrected chi connectivity index (χ0v) is 15.5. The molecule has 142 valence electrons. The zero-order chi connectivity index (χ0) is 19.9. The first-order chi connectivity index (χ1) is 13.5. The minimum atomic E-state index is -0.469. The van der Waals surface area contributed by atoms with Crippen molar-refractivity contribution < 1.29 is 19.2 Å². The van der Waals surface area contributed by atoms with Crippen LogP contribution in [0.15, 0.2) is 72.8 Å². The molecule has 0 saturated carbocycles. The van der Waals surface area contributed by atoms with Gasteiger partial charge in [-0.05, 0) is 47.5 Å². The lowest BCUT2D eigenvalue weighted by molar-refractivity contribution is -0.384. The van der Waals surface area contributed by atoms with Crippen LogP contribution in [0, 0.1) is 10.1 Å². The third-order valence-electron chi connectivity index (χ3n) is 3.84. The van der Waals surface area contributed by atoms with Crippen molar-refractivity contribution in [1.29, 1.82) is 0 Å². The summed E-state index contributed by atoms with van der Waals surface area (Å²) in [7, 11) is 0. The standard InChI is InChI=1S/C21H16ClNO5/c22-17-6-4-15(5-7-17)13-21(24)27-14-16-2-1-3-20(12-16)28-19-10-8-18(9-11-19)23(25)26/h1-12H,13-14H2. The molecule has 28 heavy (non-hydrogen) atoms. The monoisotopic (exact) mass is 397 g/mol. The number of carbonyl (C=O) groups excluding carboxylic acids is 1. The van der Waals surface area contributed by atoms with E-state index in [4.69, 9.17) is 21.1 Å². The number of nitro groups is 1. The van der Waals surface area contributed by atoms with Gasteiger partial charge in [-0.1, -0.05) is 35.9 Å². The van der Waals surface area contributed by atoms with E-state index >= 15 is 0 Å². The Kier molecular flexibility index (Phi) is 6.24. The van der Waals surface area contributed by atoms with Crippen molar-refractivity contribution in [3.8, 4) is 11.5 Å². The summed E-state index contributed by atoms with van der Waals surface area (Å²) >= 11 is 5.83. The molecule has 0 bridgehead atoms. The molecule has 0 amide bonds. The number of halogens is 1. The number of nitro benzene ring substituents is 1. The molecule has 0 N–H and O–H groups in total. The topological polar surface area (TPSA) is 78.7 Å². The summed E-state index contributed by atoms with van der Waals surface area (Å²) < 4.78 is 11.0. The van der Waals surface area contributed by atoms with Crippen LogP contribution in [0.25, 0.3) is 0 Å². The number of benzene rings is 3. The Labute approximate surface area is 166 Å². The fraction of sp³-hybridized carbons (Fsp3) is 0.0952. The van der Waals surface area contributed by atoms with Crippen LogP contribution in [-0.4, -0.2) is 10.9 Å². The van der Waals surface area contributed by atoms with Crippen LogP contribution in [0.1, 0.15) is 11.1 Å². The Hall–Kier alpha value is -3.38. The molecule has 0 spiro atoms. The maximum Gasteiger partial charge on any atom is 0.310 e. The molecule has 0 heterocycles. The largest absolute Gasteiger partial charge is 0.461 e. The highest BCUT2D eigenvalue weighted by Gasteiger charge is 2.08. The van der Waals surface area contributed by atoms with E-state index in [1.165, 1.54) is 24.3 Å². The predicted molar refractivity (Wildman–Crippen MR) is 105 cm³/mol. The molecule has 3 aromatic rings. The van der Waals surface area contributed by atoms with E-state index in [1.807, 2.05) is 6.07 Å². The van der Waals surface area contributed by atoms with E-state index in [0.29, 0.717) is 16.5 Å². The van der Waals surface area contributed by atoms with Gasteiger partial charge in [0, 0.05) is 17.2 Å². The summed E-state index contributed by atoms with van der Waals surface area (Å²) in [6, 6.07) is 19.9. The quantitative estimate of drug-likeness (QED) is 0.306. The van der Waals surface area contributed by atoms with Gasteiger partial charge in [0.25, 0.3) is 5.69 Å². The molecule has 0 atom stereocenters. The fourth-order valence-corrected chi connectivity index (χ4v) is 2.58. The average Bonchev–Trinajstić information content (AvgIpc) is 2.69. The van der Waals surface area contributed by atoms with Crippen LogP contribution >= 0.6 is 11.6 Å². The first-order valence-corrected chi connectivity index (χ1v) is 8.79. The molecule has 0 fully saturated rings. The molecule has 0 radical (unpaired) electrons. The lowest BCUT2D eigenvalue weighted by atomic mass is 10.1. The second-order valence-corrected chi connectivity index (χ2v) is 6.40. The third kappa shape index (κ3) is 5.56. The van der Waals surface area contributed by atoms with Crippen molar-refractivity contribution in [2.24, 2.45) is 0 Å². The number of esters is 1. The molecule has 0 aliphatic rings. The van der Waals surface area contributed by atoms with Gasteiger partial charge in [-0.3, -0.25) is 14.9 Å². The first-order valence-electron chi connectivity index (χ1n) is 8.41. The van der Waals surface area contributed by atoms with Crippen LogP contribution in [0.4, 0.5) is 5.69 Å². The average molecular weight is 398 g/mol. The molecule has 3 aromatic carbocycles. The SMILES string of the molecule is O=C(Cc1ccc(Cl)cc1)OCc1cccc(Oc2ccc([N+](=O)[O-])cc2)c1.